The minimum Gasteiger partial charge on any atom is -0.362 e. The summed E-state index contributed by atoms with van der Waals surface area (Å²) in [6.07, 6.45) is 1.67. The van der Waals surface area contributed by atoms with Crippen LogP contribution >= 0.6 is 0 Å². The highest BCUT2D eigenvalue weighted by Gasteiger charge is 2.37. The van der Waals surface area contributed by atoms with E-state index in [4.69, 9.17) is 0 Å². The molecule has 1 unspecified atom stereocenters. The van der Waals surface area contributed by atoms with Crippen LogP contribution in [0.2, 0.25) is 0 Å². The van der Waals surface area contributed by atoms with Crippen molar-refractivity contribution < 1.29 is 0 Å². The second-order valence-corrected chi connectivity index (χ2v) is 6.65. The third-order valence-corrected chi connectivity index (χ3v) is 5.14. The molecule has 0 radical (unpaired) electrons. The SMILES string of the molecule is C=CNC(=C)C1=C(C)NC2=C(C(=C)c3ccccc32)C1c1ccccc1. The van der Waals surface area contributed by atoms with Crippen molar-refractivity contribution in [2.24, 2.45) is 0 Å². The summed E-state index contributed by atoms with van der Waals surface area (Å²) >= 11 is 0. The Labute approximate surface area is 155 Å². The lowest BCUT2D eigenvalue weighted by molar-refractivity contribution is 0.843. The lowest BCUT2D eigenvalue weighted by Crippen LogP contribution is -2.26. The molecular weight excluding hydrogens is 316 g/mol. The van der Waals surface area contributed by atoms with Crippen LogP contribution in [0.1, 0.15) is 29.5 Å². The van der Waals surface area contributed by atoms with Crippen molar-refractivity contribution in [1.82, 2.24) is 10.6 Å². The van der Waals surface area contributed by atoms with Gasteiger partial charge in [0.1, 0.15) is 0 Å². The number of hydrogen-bond donors (Lipinski definition) is 2. The molecular formula is C24H22N2. The summed E-state index contributed by atoms with van der Waals surface area (Å²) in [5.74, 6) is 0.0762. The van der Waals surface area contributed by atoms with Crippen LogP contribution in [-0.4, -0.2) is 0 Å². The molecule has 1 heterocycles. The van der Waals surface area contributed by atoms with Crippen molar-refractivity contribution in [2.75, 3.05) is 0 Å². The maximum absolute atomic E-state index is 4.43. The van der Waals surface area contributed by atoms with E-state index >= 15 is 0 Å². The Bertz CT molecular complexity index is 990. The Morgan fingerprint density at radius 1 is 1.04 bits per heavy atom. The minimum atomic E-state index is 0.0762. The highest BCUT2D eigenvalue weighted by atomic mass is 14.9. The molecule has 0 bridgehead atoms. The smallest absolute Gasteiger partial charge is 0.0510 e. The van der Waals surface area contributed by atoms with Gasteiger partial charge in [-0.05, 0) is 35.4 Å². The Balaban J connectivity index is 1.94. The number of fused-ring (bicyclic) bond motifs is 2. The molecule has 2 aromatic carbocycles. The molecule has 1 aliphatic heterocycles. The second kappa shape index (κ2) is 6.23. The Morgan fingerprint density at radius 2 is 1.69 bits per heavy atom. The topological polar surface area (TPSA) is 24.1 Å². The molecule has 2 heteroatoms. The van der Waals surface area contributed by atoms with Crippen molar-refractivity contribution in [2.45, 2.75) is 12.8 Å². The summed E-state index contributed by atoms with van der Waals surface area (Å²) in [7, 11) is 0. The van der Waals surface area contributed by atoms with Crippen molar-refractivity contribution >= 4 is 11.3 Å². The fourth-order valence-corrected chi connectivity index (χ4v) is 4.05. The highest BCUT2D eigenvalue weighted by Crippen LogP contribution is 2.52. The maximum atomic E-state index is 4.43. The second-order valence-electron chi connectivity index (χ2n) is 6.65. The summed E-state index contributed by atoms with van der Waals surface area (Å²) < 4.78 is 0. The first kappa shape index (κ1) is 16.2. The van der Waals surface area contributed by atoms with Crippen LogP contribution < -0.4 is 10.6 Å². The third-order valence-electron chi connectivity index (χ3n) is 5.14. The monoisotopic (exact) mass is 338 g/mol. The van der Waals surface area contributed by atoms with Gasteiger partial charge in [0.05, 0.1) is 5.70 Å². The van der Waals surface area contributed by atoms with Crippen molar-refractivity contribution in [3.05, 3.63) is 120 Å². The van der Waals surface area contributed by atoms with E-state index < -0.39 is 0 Å². The first-order valence-corrected chi connectivity index (χ1v) is 8.76. The van der Waals surface area contributed by atoms with Crippen molar-refractivity contribution in [1.29, 1.82) is 0 Å². The van der Waals surface area contributed by atoms with Crippen molar-refractivity contribution in [3.63, 3.8) is 0 Å². The van der Waals surface area contributed by atoms with Crippen LogP contribution in [0.25, 0.3) is 11.3 Å². The van der Waals surface area contributed by atoms with E-state index in [2.05, 4.69) is 85.8 Å². The average Bonchev–Trinajstić information content (AvgIpc) is 2.94. The van der Waals surface area contributed by atoms with Gasteiger partial charge in [-0.2, -0.15) is 0 Å². The van der Waals surface area contributed by atoms with Gasteiger partial charge in [-0.25, -0.2) is 0 Å². The summed E-state index contributed by atoms with van der Waals surface area (Å²) in [6.45, 7) is 14.6. The number of benzene rings is 2. The van der Waals surface area contributed by atoms with Gasteiger partial charge in [0, 0.05) is 28.4 Å². The molecule has 1 atom stereocenters. The van der Waals surface area contributed by atoms with Gasteiger partial charge in [0.2, 0.25) is 0 Å². The lowest BCUT2D eigenvalue weighted by atomic mass is 9.78. The molecule has 4 rings (SSSR count). The molecule has 2 N–H and O–H groups in total. The third kappa shape index (κ3) is 2.34. The van der Waals surface area contributed by atoms with E-state index in [1.54, 1.807) is 6.20 Å². The number of dihydropyridines is 1. The average molecular weight is 338 g/mol. The van der Waals surface area contributed by atoms with Crippen LogP contribution in [0, 0.1) is 0 Å². The molecule has 0 saturated heterocycles. The molecule has 0 spiro atoms. The van der Waals surface area contributed by atoms with E-state index in [1.165, 1.54) is 22.3 Å². The number of hydrogen-bond acceptors (Lipinski definition) is 2. The molecule has 0 saturated carbocycles. The highest BCUT2D eigenvalue weighted by molar-refractivity contribution is 6.01. The predicted molar refractivity (Wildman–Crippen MR) is 110 cm³/mol. The van der Waals surface area contributed by atoms with Gasteiger partial charge in [-0.15, -0.1) is 0 Å². The van der Waals surface area contributed by atoms with Crippen LogP contribution in [0.5, 0.6) is 0 Å². The van der Waals surface area contributed by atoms with Crippen LogP contribution in [0.4, 0.5) is 0 Å². The van der Waals surface area contributed by atoms with E-state index in [0.717, 1.165) is 28.2 Å². The van der Waals surface area contributed by atoms with E-state index in [0.29, 0.717) is 0 Å². The van der Waals surface area contributed by atoms with Gasteiger partial charge in [-0.3, -0.25) is 0 Å². The number of nitrogens with one attached hydrogen (secondary N) is 2. The maximum Gasteiger partial charge on any atom is 0.0510 e. The van der Waals surface area contributed by atoms with E-state index in [1.807, 2.05) is 6.07 Å². The first-order valence-electron chi connectivity index (χ1n) is 8.76. The van der Waals surface area contributed by atoms with Gasteiger partial charge >= 0.3 is 0 Å². The zero-order valence-electron chi connectivity index (χ0n) is 15.0. The zero-order chi connectivity index (χ0) is 18.3. The molecule has 0 amide bonds. The standard InChI is InChI=1S/C24H22N2/c1-5-25-16(3)22-17(4)26-24-20-14-10-9-13-19(20)15(2)21(24)23(22)18-11-7-6-8-12-18/h5-14,23,25-26H,1-3H2,4H3. The van der Waals surface area contributed by atoms with Gasteiger partial charge in [0.15, 0.2) is 0 Å². The Hall–Kier alpha value is -3.26. The van der Waals surface area contributed by atoms with Gasteiger partial charge in [-0.1, -0.05) is 74.3 Å². The quantitative estimate of drug-likeness (QED) is 0.787. The summed E-state index contributed by atoms with van der Waals surface area (Å²) in [6, 6.07) is 19.0. The fraction of sp³-hybridized carbons (Fsp3) is 0.0833. The molecule has 0 fully saturated rings. The lowest BCUT2D eigenvalue weighted by Gasteiger charge is -2.32. The van der Waals surface area contributed by atoms with Crippen LogP contribution in [0.15, 0.2) is 103 Å². The molecule has 128 valence electrons. The number of allylic oxidation sites excluding steroid dienone is 4. The van der Waals surface area contributed by atoms with Gasteiger partial charge in [0.25, 0.3) is 0 Å². The molecule has 0 aromatic heterocycles. The normalized spacial score (nSPS) is 18.2. The van der Waals surface area contributed by atoms with E-state index in [-0.39, 0.29) is 5.92 Å². The molecule has 2 aliphatic rings. The zero-order valence-corrected chi connectivity index (χ0v) is 15.0. The molecule has 1 aliphatic carbocycles. The summed E-state index contributed by atoms with van der Waals surface area (Å²) in [5, 5.41) is 6.80. The largest absolute Gasteiger partial charge is 0.362 e. The fourth-order valence-electron chi connectivity index (χ4n) is 4.05. The van der Waals surface area contributed by atoms with Gasteiger partial charge < -0.3 is 10.6 Å². The Kier molecular flexibility index (Phi) is 3.89. The predicted octanol–water partition coefficient (Wildman–Crippen LogP) is 5.33. The first-order chi connectivity index (χ1) is 12.6. The Morgan fingerprint density at radius 3 is 2.38 bits per heavy atom. The summed E-state index contributed by atoms with van der Waals surface area (Å²) in [5.41, 5.74) is 10.2. The summed E-state index contributed by atoms with van der Waals surface area (Å²) in [4.78, 5) is 0. The van der Waals surface area contributed by atoms with Crippen molar-refractivity contribution in [3.8, 4) is 0 Å². The van der Waals surface area contributed by atoms with E-state index in [9.17, 15) is 0 Å². The van der Waals surface area contributed by atoms with Crippen LogP contribution in [0.3, 0.4) is 0 Å². The minimum absolute atomic E-state index is 0.0762. The molecule has 2 nitrogen and oxygen atoms in total. The molecule has 2 aromatic rings. The molecule has 26 heavy (non-hydrogen) atoms. The number of rotatable bonds is 4. The van der Waals surface area contributed by atoms with Crippen LogP contribution in [-0.2, 0) is 0 Å².